The monoisotopic (exact) mass is 311 g/mol. The van der Waals surface area contributed by atoms with Crippen molar-refractivity contribution in [1.29, 1.82) is 0 Å². The highest BCUT2D eigenvalue weighted by Gasteiger charge is 1.98. The summed E-state index contributed by atoms with van der Waals surface area (Å²) in [5.74, 6) is 2.11. The van der Waals surface area contributed by atoms with Gasteiger partial charge in [-0.1, -0.05) is 29.8 Å². The minimum absolute atomic E-state index is 0.875. The molecule has 0 unspecified atom stereocenters. The van der Waals surface area contributed by atoms with Crippen LogP contribution in [-0.4, -0.2) is 18.8 Å². The number of rotatable bonds is 8. The Morgan fingerprint density at radius 1 is 1.16 bits per heavy atom. The van der Waals surface area contributed by atoms with Crippen LogP contribution >= 0.6 is 34.7 Å². The Kier molecular flexibility index (Phi) is 6.79. The van der Waals surface area contributed by atoms with Crippen LogP contribution in [0.5, 0.6) is 0 Å². The third-order valence-corrected chi connectivity index (χ3v) is 4.92. The topological polar surface area (TPSA) is 12.0 Å². The lowest BCUT2D eigenvalue weighted by Gasteiger charge is -2.05. The molecule has 0 fully saturated rings. The molecule has 2 aromatic rings. The molecule has 1 heterocycles. The zero-order chi connectivity index (χ0) is 13.3. The molecule has 0 aliphatic heterocycles. The van der Waals surface area contributed by atoms with Crippen LogP contribution in [0.4, 0.5) is 0 Å². The SMILES string of the molecule is Clc1ccccc1CSCCNCCc1ccsc1. The highest BCUT2D eigenvalue weighted by Crippen LogP contribution is 2.20. The van der Waals surface area contributed by atoms with E-state index in [9.17, 15) is 0 Å². The third kappa shape index (κ3) is 5.57. The molecule has 102 valence electrons. The zero-order valence-electron chi connectivity index (χ0n) is 10.8. The summed E-state index contributed by atoms with van der Waals surface area (Å²) in [5.41, 5.74) is 2.66. The van der Waals surface area contributed by atoms with E-state index in [1.54, 1.807) is 11.3 Å². The van der Waals surface area contributed by atoms with Crippen molar-refractivity contribution >= 4 is 34.7 Å². The molecule has 0 saturated heterocycles. The lowest BCUT2D eigenvalue weighted by molar-refractivity contribution is 0.722. The van der Waals surface area contributed by atoms with E-state index in [-0.39, 0.29) is 0 Å². The van der Waals surface area contributed by atoms with Gasteiger partial charge in [-0.05, 0) is 47.0 Å². The summed E-state index contributed by atoms with van der Waals surface area (Å²) in [7, 11) is 0. The first-order valence-corrected chi connectivity index (χ1v) is 8.87. The van der Waals surface area contributed by atoms with Crippen molar-refractivity contribution in [3.05, 3.63) is 57.2 Å². The van der Waals surface area contributed by atoms with Gasteiger partial charge in [-0.25, -0.2) is 0 Å². The molecule has 19 heavy (non-hydrogen) atoms. The van der Waals surface area contributed by atoms with Crippen molar-refractivity contribution in [2.75, 3.05) is 18.8 Å². The van der Waals surface area contributed by atoms with E-state index in [1.807, 2.05) is 30.0 Å². The Labute approximate surface area is 128 Å². The van der Waals surface area contributed by atoms with Crippen molar-refractivity contribution in [3.63, 3.8) is 0 Å². The number of thiophene rings is 1. The number of hydrogen-bond acceptors (Lipinski definition) is 3. The third-order valence-electron chi connectivity index (χ3n) is 2.81. The molecule has 0 aliphatic rings. The van der Waals surface area contributed by atoms with Gasteiger partial charge in [0.1, 0.15) is 0 Å². The lowest BCUT2D eigenvalue weighted by Crippen LogP contribution is -2.19. The fourth-order valence-corrected chi connectivity index (χ4v) is 3.62. The Balaban J connectivity index is 1.52. The second-order valence-electron chi connectivity index (χ2n) is 4.28. The molecule has 1 nitrogen and oxygen atoms in total. The largest absolute Gasteiger partial charge is 0.316 e. The standard InChI is InChI=1S/C15H18ClNS2/c16-15-4-2-1-3-14(15)12-19-10-8-17-7-5-13-6-9-18-11-13/h1-4,6,9,11,17H,5,7-8,10,12H2. The van der Waals surface area contributed by atoms with Crippen LogP contribution < -0.4 is 5.32 Å². The van der Waals surface area contributed by atoms with Gasteiger partial charge in [-0.15, -0.1) is 0 Å². The molecular weight excluding hydrogens is 294 g/mol. The van der Waals surface area contributed by atoms with Crippen molar-refractivity contribution in [2.24, 2.45) is 0 Å². The Morgan fingerprint density at radius 2 is 2.05 bits per heavy atom. The fraction of sp³-hybridized carbons (Fsp3) is 0.333. The number of hydrogen-bond donors (Lipinski definition) is 1. The summed E-state index contributed by atoms with van der Waals surface area (Å²) in [6, 6.07) is 10.3. The quantitative estimate of drug-likeness (QED) is 0.722. The summed E-state index contributed by atoms with van der Waals surface area (Å²) in [4.78, 5) is 0. The summed E-state index contributed by atoms with van der Waals surface area (Å²) in [6.45, 7) is 2.11. The van der Waals surface area contributed by atoms with Gasteiger partial charge >= 0.3 is 0 Å². The van der Waals surface area contributed by atoms with E-state index < -0.39 is 0 Å². The molecule has 0 amide bonds. The van der Waals surface area contributed by atoms with Gasteiger partial charge in [0.25, 0.3) is 0 Å². The molecule has 0 radical (unpaired) electrons. The van der Waals surface area contributed by atoms with Crippen LogP contribution in [-0.2, 0) is 12.2 Å². The van der Waals surface area contributed by atoms with Crippen LogP contribution in [0.15, 0.2) is 41.1 Å². The van der Waals surface area contributed by atoms with Gasteiger partial charge in [0.2, 0.25) is 0 Å². The summed E-state index contributed by atoms with van der Waals surface area (Å²) in [6.07, 6.45) is 1.12. The van der Waals surface area contributed by atoms with E-state index in [1.165, 1.54) is 11.1 Å². The Hall–Kier alpha value is -0.480. The number of thioether (sulfide) groups is 1. The van der Waals surface area contributed by atoms with Crippen LogP contribution in [0.25, 0.3) is 0 Å². The van der Waals surface area contributed by atoms with Crippen LogP contribution in [0.2, 0.25) is 5.02 Å². The maximum atomic E-state index is 6.12. The second-order valence-corrected chi connectivity index (χ2v) is 6.57. The van der Waals surface area contributed by atoms with Crippen molar-refractivity contribution in [1.82, 2.24) is 5.32 Å². The molecule has 1 aromatic heterocycles. The van der Waals surface area contributed by atoms with Crippen molar-refractivity contribution < 1.29 is 0 Å². The molecular formula is C15H18ClNS2. The summed E-state index contributed by atoms with van der Waals surface area (Å²) >= 11 is 9.81. The van der Waals surface area contributed by atoms with Crippen LogP contribution in [0.3, 0.4) is 0 Å². The first kappa shape index (κ1) is 14.9. The number of benzene rings is 1. The minimum atomic E-state index is 0.875. The van der Waals surface area contributed by atoms with Crippen molar-refractivity contribution in [3.8, 4) is 0 Å². The first-order valence-electron chi connectivity index (χ1n) is 6.39. The van der Waals surface area contributed by atoms with Crippen LogP contribution in [0, 0.1) is 0 Å². The van der Waals surface area contributed by atoms with Gasteiger partial charge in [-0.2, -0.15) is 23.1 Å². The average Bonchev–Trinajstić information content (AvgIpc) is 2.93. The molecule has 0 aliphatic carbocycles. The minimum Gasteiger partial charge on any atom is -0.316 e. The average molecular weight is 312 g/mol. The van der Waals surface area contributed by atoms with Gasteiger partial charge in [0.05, 0.1) is 0 Å². The highest BCUT2D eigenvalue weighted by molar-refractivity contribution is 7.98. The fourth-order valence-electron chi connectivity index (χ4n) is 1.73. The molecule has 0 bridgehead atoms. The predicted octanol–water partition coefficient (Wildman–Crippen LogP) is 4.47. The molecule has 0 spiro atoms. The molecule has 2 rings (SSSR count). The van der Waals surface area contributed by atoms with E-state index in [0.717, 1.165) is 36.0 Å². The molecule has 0 atom stereocenters. The normalized spacial score (nSPS) is 10.8. The van der Waals surface area contributed by atoms with Crippen molar-refractivity contribution in [2.45, 2.75) is 12.2 Å². The Morgan fingerprint density at radius 3 is 2.84 bits per heavy atom. The Bertz CT molecular complexity index is 471. The zero-order valence-corrected chi connectivity index (χ0v) is 13.2. The maximum Gasteiger partial charge on any atom is 0.0446 e. The smallest absolute Gasteiger partial charge is 0.0446 e. The molecule has 4 heteroatoms. The molecule has 1 aromatic carbocycles. The van der Waals surface area contributed by atoms with Crippen LogP contribution in [0.1, 0.15) is 11.1 Å². The highest BCUT2D eigenvalue weighted by atomic mass is 35.5. The van der Waals surface area contributed by atoms with Gasteiger partial charge < -0.3 is 5.32 Å². The lowest BCUT2D eigenvalue weighted by atomic mass is 10.2. The number of nitrogens with one attached hydrogen (secondary N) is 1. The first-order chi connectivity index (χ1) is 9.36. The molecule has 0 saturated carbocycles. The van der Waals surface area contributed by atoms with Gasteiger partial charge in [-0.3, -0.25) is 0 Å². The van der Waals surface area contributed by atoms with E-state index in [2.05, 4.69) is 28.2 Å². The second kappa shape index (κ2) is 8.64. The van der Waals surface area contributed by atoms with E-state index >= 15 is 0 Å². The maximum absolute atomic E-state index is 6.12. The van der Waals surface area contributed by atoms with Gasteiger partial charge in [0, 0.05) is 23.1 Å². The number of halogens is 1. The van der Waals surface area contributed by atoms with E-state index in [4.69, 9.17) is 11.6 Å². The summed E-state index contributed by atoms with van der Waals surface area (Å²) in [5, 5.41) is 8.70. The predicted molar refractivity (Wildman–Crippen MR) is 88.5 cm³/mol. The van der Waals surface area contributed by atoms with E-state index in [0.29, 0.717) is 0 Å². The summed E-state index contributed by atoms with van der Waals surface area (Å²) < 4.78 is 0. The van der Waals surface area contributed by atoms with Gasteiger partial charge in [0.15, 0.2) is 0 Å². The molecule has 1 N–H and O–H groups in total.